The first-order valence-corrected chi connectivity index (χ1v) is 9.01. The average molecular weight is 341 g/mol. The van der Waals surface area contributed by atoms with Gasteiger partial charge in [0, 0.05) is 49.1 Å². The van der Waals surface area contributed by atoms with Crippen molar-refractivity contribution in [1.29, 1.82) is 0 Å². The summed E-state index contributed by atoms with van der Waals surface area (Å²) < 4.78 is 2.35. The molecule has 3 nitrogen and oxygen atoms in total. The lowest BCUT2D eigenvalue weighted by atomic mass is 10.1. The van der Waals surface area contributed by atoms with Crippen LogP contribution in [0.3, 0.4) is 0 Å². The lowest BCUT2D eigenvalue weighted by molar-refractivity contribution is 0.692. The van der Waals surface area contributed by atoms with Crippen LogP contribution >= 0.6 is 0 Å². The van der Waals surface area contributed by atoms with Crippen LogP contribution in [0.15, 0.2) is 79.3 Å². The van der Waals surface area contributed by atoms with E-state index in [-0.39, 0.29) is 0 Å². The van der Waals surface area contributed by atoms with E-state index < -0.39 is 0 Å². The summed E-state index contributed by atoms with van der Waals surface area (Å²) in [6.45, 7) is 4.74. The van der Waals surface area contributed by atoms with Crippen LogP contribution in [0.1, 0.15) is 22.3 Å². The van der Waals surface area contributed by atoms with Crippen LogP contribution < -0.4 is 5.32 Å². The van der Waals surface area contributed by atoms with Gasteiger partial charge in [-0.3, -0.25) is 4.98 Å². The van der Waals surface area contributed by atoms with Crippen molar-refractivity contribution in [2.24, 2.45) is 0 Å². The normalized spacial score (nSPS) is 11.1. The molecular formula is C23H23N3. The number of rotatable bonds is 6. The maximum absolute atomic E-state index is 4.07. The maximum atomic E-state index is 4.07. The fourth-order valence-electron chi connectivity index (χ4n) is 3.44. The molecule has 0 amide bonds. The van der Waals surface area contributed by atoms with E-state index in [4.69, 9.17) is 0 Å². The van der Waals surface area contributed by atoms with E-state index in [1.54, 1.807) is 0 Å². The summed E-state index contributed by atoms with van der Waals surface area (Å²) in [4.78, 5) is 4.07. The molecule has 2 heterocycles. The molecule has 130 valence electrons. The van der Waals surface area contributed by atoms with Gasteiger partial charge in [-0.1, -0.05) is 48.0 Å². The second-order valence-electron chi connectivity index (χ2n) is 6.75. The zero-order valence-corrected chi connectivity index (χ0v) is 15.0. The van der Waals surface area contributed by atoms with Gasteiger partial charge in [0.25, 0.3) is 0 Å². The largest absolute Gasteiger partial charge is 0.343 e. The van der Waals surface area contributed by atoms with Crippen LogP contribution in [0.2, 0.25) is 0 Å². The summed E-state index contributed by atoms with van der Waals surface area (Å²) in [7, 11) is 0. The Kier molecular flexibility index (Phi) is 4.80. The first kappa shape index (κ1) is 16.6. The van der Waals surface area contributed by atoms with Crippen molar-refractivity contribution in [2.75, 3.05) is 0 Å². The highest BCUT2D eigenvalue weighted by Crippen LogP contribution is 2.22. The molecule has 0 unspecified atom stereocenters. The van der Waals surface area contributed by atoms with Crippen molar-refractivity contribution in [1.82, 2.24) is 14.9 Å². The third-order valence-electron chi connectivity index (χ3n) is 4.70. The number of hydrogen-bond donors (Lipinski definition) is 1. The van der Waals surface area contributed by atoms with Gasteiger partial charge in [-0.25, -0.2) is 0 Å². The van der Waals surface area contributed by atoms with E-state index in [2.05, 4.69) is 76.5 Å². The van der Waals surface area contributed by atoms with Crippen LogP contribution in [-0.2, 0) is 19.6 Å². The van der Waals surface area contributed by atoms with Crippen molar-refractivity contribution < 1.29 is 0 Å². The van der Waals surface area contributed by atoms with Crippen LogP contribution in [0.25, 0.3) is 10.9 Å². The Hall–Kier alpha value is -2.91. The summed E-state index contributed by atoms with van der Waals surface area (Å²) >= 11 is 0. The summed E-state index contributed by atoms with van der Waals surface area (Å²) in [5.74, 6) is 0. The number of nitrogens with one attached hydrogen (secondary N) is 1. The SMILES string of the molecule is Cc1cccc(Cn2cc(CNCc3ccncc3)c3ccccc32)c1. The molecule has 2 aromatic heterocycles. The van der Waals surface area contributed by atoms with Crippen molar-refractivity contribution in [2.45, 2.75) is 26.6 Å². The van der Waals surface area contributed by atoms with E-state index in [0.29, 0.717) is 0 Å². The van der Waals surface area contributed by atoms with Gasteiger partial charge in [-0.15, -0.1) is 0 Å². The Morgan fingerprint density at radius 2 is 1.73 bits per heavy atom. The quantitative estimate of drug-likeness (QED) is 0.552. The number of fused-ring (bicyclic) bond motifs is 1. The van der Waals surface area contributed by atoms with Gasteiger partial charge in [0.1, 0.15) is 0 Å². The molecule has 26 heavy (non-hydrogen) atoms. The molecule has 0 spiro atoms. The third-order valence-corrected chi connectivity index (χ3v) is 4.70. The van der Waals surface area contributed by atoms with Gasteiger partial charge in [0.05, 0.1) is 0 Å². The van der Waals surface area contributed by atoms with Gasteiger partial charge >= 0.3 is 0 Å². The number of benzene rings is 2. The molecule has 0 aliphatic rings. The molecule has 0 aliphatic heterocycles. The molecule has 0 bridgehead atoms. The number of aromatic nitrogens is 2. The highest BCUT2D eigenvalue weighted by Gasteiger charge is 2.08. The highest BCUT2D eigenvalue weighted by atomic mass is 15.0. The number of aryl methyl sites for hydroxylation is 1. The summed E-state index contributed by atoms with van der Waals surface area (Å²) in [6, 6.07) is 21.5. The van der Waals surface area contributed by atoms with E-state index >= 15 is 0 Å². The molecule has 0 saturated heterocycles. The van der Waals surface area contributed by atoms with Gasteiger partial charge in [-0.05, 0) is 41.8 Å². The Bertz CT molecular complexity index is 1000. The number of nitrogens with zero attached hydrogens (tertiary/aromatic N) is 2. The van der Waals surface area contributed by atoms with Crippen LogP contribution in [0.4, 0.5) is 0 Å². The van der Waals surface area contributed by atoms with Gasteiger partial charge in [0.2, 0.25) is 0 Å². The minimum Gasteiger partial charge on any atom is -0.343 e. The molecule has 4 aromatic rings. The lowest BCUT2D eigenvalue weighted by Gasteiger charge is -2.06. The predicted octanol–water partition coefficient (Wildman–Crippen LogP) is 4.68. The molecule has 2 aromatic carbocycles. The van der Waals surface area contributed by atoms with E-state index in [0.717, 1.165) is 19.6 Å². The highest BCUT2D eigenvalue weighted by molar-refractivity contribution is 5.84. The Balaban J connectivity index is 1.55. The molecule has 0 saturated carbocycles. The molecular weight excluding hydrogens is 318 g/mol. The Labute approximate surface area is 154 Å². The van der Waals surface area contributed by atoms with E-state index in [9.17, 15) is 0 Å². The topological polar surface area (TPSA) is 29.9 Å². The molecule has 0 aliphatic carbocycles. The molecule has 1 N–H and O–H groups in total. The third kappa shape index (κ3) is 3.68. The number of pyridine rings is 1. The molecule has 0 atom stereocenters. The molecule has 4 rings (SSSR count). The number of hydrogen-bond acceptors (Lipinski definition) is 2. The standard InChI is InChI=1S/C23H23N3/c1-18-5-4-6-20(13-18)16-26-17-21(22-7-2-3-8-23(22)26)15-25-14-19-9-11-24-12-10-19/h2-13,17,25H,14-16H2,1H3. The van der Waals surface area contributed by atoms with Crippen molar-refractivity contribution in [3.8, 4) is 0 Å². The zero-order chi connectivity index (χ0) is 17.8. The first-order valence-electron chi connectivity index (χ1n) is 9.01. The average Bonchev–Trinajstić information content (AvgIpc) is 3.01. The molecule has 3 heteroatoms. The fraction of sp³-hybridized carbons (Fsp3) is 0.174. The maximum Gasteiger partial charge on any atom is 0.0486 e. The van der Waals surface area contributed by atoms with Crippen molar-refractivity contribution in [3.05, 3.63) is 102 Å². The Morgan fingerprint density at radius 1 is 0.885 bits per heavy atom. The predicted molar refractivity (Wildman–Crippen MR) is 107 cm³/mol. The monoisotopic (exact) mass is 341 g/mol. The van der Waals surface area contributed by atoms with Crippen molar-refractivity contribution >= 4 is 10.9 Å². The fourth-order valence-corrected chi connectivity index (χ4v) is 3.44. The molecule has 0 fully saturated rings. The molecule has 0 radical (unpaired) electrons. The first-order chi connectivity index (χ1) is 12.8. The van der Waals surface area contributed by atoms with Crippen molar-refractivity contribution in [3.63, 3.8) is 0 Å². The Morgan fingerprint density at radius 3 is 2.58 bits per heavy atom. The van der Waals surface area contributed by atoms with E-state index in [1.807, 2.05) is 24.5 Å². The minimum atomic E-state index is 0.847. The van der Waals surface area contributed by atoms with Crippen LogP contribution in [0, 0.1) is 6.92 Å². The second-order valence-corrected chi connectivity index (χ2v) is 6.75. The van der Waals surface area contributed by atoms with Gasteiger partial charge in [0.15, 0.2) is 0 Å². The van der Waals surface area contributed by atoms with Gasteiger partial charge in [-0.2, -0.15) is 0 Å². The summed E-state index contributed by atoms with van der Waals surface area (Å²) in [6.07, 6.45) is 5.96. The zero-order valence-electron chi connectivity index (χ0n) is 15.0. The van der Waals surface area contributed by atoms with Crippen LogP contribution in [-0.4, -0.2) is 9.55 Å². The number of para-hydroxylation sites is 1. The lowest BCUT2D eigenvalue weighted by Crippen LogP contribution is -2.12. The second kappa shape index (κ2) is 7.54. The van der Waals surface area contributed by atoms with Gasteiger partial charge < -0.3 is 9.88 Å². The van der Waals surface area contributed by atoms with E-state index in [1.165, 1.54) is 33.2 Å². The summed E-state index contributed by atoms with van der Waals surface area (Å²) in [5, 5.41) is 4.88. The van der Waals surface area contributed by atoms with Crippen LogP contribution in [0.5, 0.6) is 0 Å². The smallest absolute Gasteiger partial charge is 0.0486 e. The minimum absolute atomic E-state index is 0.847. The summed E-state index contributed by atoms with van der Waals surface area (Å²) in [5.41, 5.74) is 6.51.